The molecular weight excluding hydrogens is 322 g/mol. The zero-order valence-corrected chi connectivity index (χ0v) is 13.3. The number of hydrogen-bond acceptors (Lipinski definition) is 4. The van der Waals surface area contributed by atoms with Crippen molar-refractivity contribution in [1.82, 2.24) is 5.32 Å². The molecule has 2 N–H and O–H groups in total. The van der Waals surface area contributed by atoms with Gasteiger partial charge in [0.15, 0.2) is 11.5 Å². The van der Waals surface area contributed by atoms with Crippen molar-refractivity contribution in [2.45, 2.75) is 31.7 Å². The van der Waals surface area contributed by atoms with E-state index in [1.165, 1.54) is 0 Å². The summed E-state index contributed by atoms with van der Waals surface area (Å²) in [5.41, 5.74) is 0.740. The van der Waals surface area contributed by atoms with Crippen LogP contribution in [0.15, 0.2) is 12.1 Å². The van der Waals surface area contributed by atoms with Crippen LogP contribution < -0.4 is 14.8 Å². The number of carbonyl (C=O) groups excluding carboxylic acids is 1. The van der Waals surface area contributed by atoms with E-state index >= 15 is 0 Å². The Morgan fingerprint density at radius 1 is 1.26 bits per heavy atom. The number of hydrogen-bond donors (Lipinski definition) is 2. The van der Waals surface area contributed by atoms with Crippen molar-refractivity contribution < 1.29 is 24.2 Å². The van der Waals surface area contributed by atoms with E-state index in [-0.39, 0.29) is 24.3 Å². The number of rotatable bonds is 4. The van der Waals surface area contributed by atoms with Crippen LogP contribution in [0.25, 0.3) is 0 Å². The standard InChI is InChI=1S/C16H18ClNO5/c17-12-5-9(6-13-15(12)23-4-3-22-13)7-14(19)18-11-2-1-10(8-11)16(20)21/h5-6,10-11H,1-4,7-8H2,(H,18,19)(H,20,21)/t10-,11+/m1/s1. The van der Waals surface area contributed by atoms with Gasteiger partial charge in [-0.1, -0.05) is 11.6 Å². The first-order valence-electron chi connectivity index (χ1n) is 7.63. The zero-order chi connectivity index (χ0) is 16.4. The average Bonchev–Trinajstić information content (AvgIpc) is 2.96. The van der Waals surface area contributed by atoms with Crippen molar-refractivity contribution in [3.05, 3.63) is 22.7 Å². The number of halogens is 1. The first-order chi connectivity index (χ1) is 11.0. The summed E-state index contributed by atoms with van der Waals surface area (Å²) in [6.45, 7) is 0.913. The Balaban J connectivity index is 1.60. The number of aliphatic carboxylic acids is 1. The Labute approximate surface area is 138 Å². The number of amides is 1. The van der Waals surface area contributed by atoms with Gasteiger partial charge in [-0.3, -0.25) is 9.59 Å². The molecule has 2 aliphatic rings. The number of carboxylic acid groups (broad SMARTS) is 1. The third kappa shape index (κ3) is 3.69. The molecular formula is C16H18ClNO5. The molecule has 124 valence electrons. The fourth-order valence-electron chi connectivity index (χ4n) is 3.07. The summed E-state index contributed by atoms with van der Waals surface area (Å²) in [4.78, 5) is 23.1. The van der Waals surface area contributed by atoms with E-state index < -0.39 is 5.97 Å². The minimum Gasteiger partial charge on any atom is -0.486 e. The van der Waals surface area contributed by atoms with Crippen molar-refractivity contribution >= 4 is 23.5 Å². The number of ether oxygens (including phenoxy) is 2. The van der Waals surface area contributed by atoms with Gasteiger partial charge < -0.3 is 19.9 Å². The van der Waals surface area contributed by atoms with E-state index in [0.717, 1.165) is 5.56 Å². The minimum atomic E-state index is -0.791. The summed E-state index contributed by atoms with van der Waals surface area (Å²) in [7, 11) is 0. The van der Waals surface area contributed by atoms with Gasteiger partial charge in [-0.2, -0.15) is 0 Å². The smallest absolute Gasteiger partial charge is 0.306 e. The highest BCUT2D eigenvalue weighted by molar-refractivity contribution is 6.32. The summed E-state index contributed by atoms with van der Waals surface area (Å²) in [6.07, 6.45) is 1.97. The van der Waals surface area contributed by atoms with Crippen LogP contribution >= 0.6 is 11.6 Å². The average molecular weight is 340 g/mol. The van der Waals surface area contributed by atoms with Gasteiger partial charge in [-0.25, -0.2) is 0 Å². The first kappa shape index (κ1) is 15.9. The Morgan fingerprint density at radius 3 is 2.78 bits per heavy atom. The molecule has 0 saturated heterocycles. The highest BCUT2D eigenvalue weighted by atomic mass is 35.5. The highest BCUT2D eigenvalue weighted by Crippen LogP contribution is 2.38. The second-order valence-electron chi connectivity index (χ2n) is 5.89. The summed E-state index contributed by atoms with van der Waals surface area (Å²) in [5.74, 6) is -0.223. The molecule has 0 unspecified atom stereocenters. The van der Waals surface area contributed by atoms with Crippen LogP contribution in [0.2, 0.25) is 5.02 Å². The molecule has 1 aliphatic heterocycles. The zero-order valence-electron chi connectivity index (χ0n) is 12.5. The fourth-order valence-corrected chi connectivity index (χ4v) is 3.36. The van der Waals surface area contributed by atoms with Crippen molar-refractivity contribution in [3.8, 4) is 11.5 Å². The fraction of sp³-hybridized carbons (Fsp3) is 0.500. The van der Waals surface area contributed by atoms with Gasteiger partial charge >= 0.3 is 5.97 Å². The minimum absolute atomic E-state index is 0.0729. The molecule has 1 aromatic carbocycles. The van der Waals surface area contributed by atoms with E-state index in [0.29, 0.717) is 49.0 Å². The van der Waals surface area contributed by atoms with Crippen LogP contribution in [0.4, 0.5) is 0 Å². The molecule has 6 nitrogen and oxygen atoms in total. The third-order valence-corrected chi connectivity index (χ3v) is 4.45. The molecule has 1 saturated carbocycles. The van der Waals surface area contributed by atoms with E-state index in [2.05, 4.69) is 5.32 Å². The van der Waals surface area contributed by atoms with Crippen molar-refractivity contribution in [2.24, 2.45) is 5.92 Å². The van der Waals surface area contributed by atoms with Crippen LogP contribution in [0, 0.1) is 5.92 Å². The Kier molecular flexibility index (Phi) is 4.61. The summed E-state index contributed by atoms with van der Waals surface area (Å²) >= 11 is 6.15. The molecule has 1 aliphatic carbocycles. The topological polar surface area (TPSA) is 84.9 Å². The van der Waals surface area contributed by atoms with Crippen molar-refractivity contribution in [2.75, 3.05) is 13.2 Å². The second-order valence-corrected chi connectivity index (χ2v) is 6.30. The predicted molar refractivity (Wildman–Crippen MR) is 83.1 cm³/mol. The van der Waals surface area contributed by atoms with Gasteiger partial charge in [0.1, 0.15) is 13.2 Å². The lowest BCUT2D eigenvalue weighted by Gasteiger charge is -2.20. The maximum atomic E-state index is 12.2. The van der Waals surface area contributed by atoms with Crippen LogP contribution in [-0.4, -0.2) is 36.2 Å². The lowest BCUT2D eigenvalue weighted by atomic mass is 10.1. The molecule has 1 aromatic rings. The maximum Gasteiger partial charge on any atom is 0.306 e. The molecule has 0 aromatic heterocycles. The first-order valence-corrected chi connectivity index (χ1v) is 8.01. The Hall–Kier alpha value is -1.95. The van der Waals surface area contributed by atoms with Gasteiger partial charge in [0.25, 0.3) is 0 Å². The number of benzene rings is 1. The van der Waals surface area contributed by atoms with Crippen molar-refractivity contribution in [1.29, 1.82) is 0 Å². The highest BCUT2D eigenvalue weighted by Gasteiger charge is 2.30. The molecule has 0 spiro atoms. The summed E-state index contributed by atoms with van der Waals surface area (Å²) in [6, 6.07) is 3.38. The number of carboxylic acids is 1. The Bertz CT molecular complexity index is 633. The molecule has 3 rings (SSSR count). The number of fused-ring (bicyclic) bond motifs is 1. The van der Waals surface area contributed by atoms with E-state index in [9.17, 15) is 9.59 Å². The molecule has 1 amide bonds. The monoisotopic (exact) mass is 339 g/mol. The predicted octanol–water partition coefficient (Wildman–Crippen LogP) is 2.02. The summed E-state index contributed by atoms with van der Waals surface area (Å²) in [5, 5.41) is 12.3. The van der Waals surface area contributed by atoms with Gasteiger partial charge in [-0.05, 0) is 37.0 Å². The SMILES string of the molecule is O=C(Cc1cc(Cl)c2c(c1)OCCO2)N[C@H]1CC[C@@H](C(=O)O)C1. The van der Waals surface area contributed by atoms with Gasteiger partial charge in [-0.15, -0.1) is 0 Å². The molecule has 1 heterocycles. The largest absolute Gasteiger partial charge is 0.486 e. The molecule has 23 heavy (non-hydrogen) atoms. The van der Waals surface area contributed by atoms with Crippen LogP contribution in [0.1, 0.15) is 24.8 Å². The van der Waals surface area contributed by atoms with E-state index in [4.69, 9.17) is 26.2 Å². The van der Waals surface area contributed by atoms with Crippen LogP contribution in [0.3, 0.4) is 0 Å². The van der Waals surface area contributed by atoms with Gasteiger partial charge in [0.2, 0.25) is 5.91 Å². The summed E-state index contributed by atoms with van der Waals surface area (Å²) < 4.78 is 10.9. The second kappa shape index (κ2) is 6.66. The lowest BCUT2D eigenvalue weighted by Crippen LogP contribution is -2.34. The van der Waals surface area contributed by atoms with Gasteiger partial charge in [0, 0.05) is 6.04 Å². The van der Waals surface area contributed by atoms with E-state index in [1.807, 2.05) is 0 Å². The van der Waals surface area contributed by atoms with Gasteiger partial charge in [0.05, 0.1) is 17.4 Å². The molecule has 1 fully saturated rings. The quantitative estimate of drug-likeness (QED) is 0.876. The van der Waals surface area contributed by atoms with Crippen molar-refractivity contribution in [3.63, 3.8) is 0 Å². The normalized spacial score (nSPS) is 22.7. The third-order valence-electron chi connectivity index (χ3n) is 4.17. The lowest BCUT2D eigenvalue weighted by molar-refractivity contribution is -0.141. The molecule has 0 radical (unpaired) electrons. The number of nitrogens with one attached hydrogen (secondary N) is 1. The maximum absolute atomic E-state index is 12.2. The number of carbonyl (C=O) groups is 2. The van der Waals surface area contributed by atoms with Crippen LogP contribution in [0.5, 0.6) is 11.5 Å². The molecule has 2 atom stereocenters. The van der Waals surface area contributed by atoms with Crippen LogP contribution in [-0.2, 0) is 16.0 Å². The molecule has 0 bridgehead atoms. The molecule has 7 heteroatoms. The Morgan fingerprint density at radius 2 is 2.04 bits per heavy atom. The van der Waals surface area contributed by atoms with E-state index in [1.54, 1.807) is 12.1 Å².